The number of aryl methyl sites for hydroxylation is 1. The van der Waals surface area contributed by atoms with Gasteiger partial charge in [-0.05, 0) is 42.8 Å². The van der Waals surface area contributed by atoms with Gasteiger partial charge in [0.1, 0.15) is 17.3 Å². The summed E-state index contributed by atoms with van der Waals surface area (Å²) in [5, 5.41) is 2.74. The maximum absolute atomic E-state index is 13.1. The molecule has 2 aromatic rings. The third-order valence-electron chi connectivity index (χ3n) is 3.05. The van der Waals surface area contributed by atoms with E-state index in [-0.39, 0.29) is 11.7 Å². The molecule has 1 N–H and O–H groups in total. The van der Waals surface area contributed by atoms with Gasteiger partial charge in [-0.2, -0.15) is 0 Å². The van der Waals surface area contributed by atoms with Gasteiger partial charge in [0, 0.05) is 17.3 Å². The summed E-state index contributed by atoms with van der Waals surface area (Å²) in [7, 11) is 3.03. The highest BCUT2D eigenvalue weighted by Crippen LogP contribution is 2.24. The molecule has 21 heavy (non-hydrogen) atoms. The standard InChI is InChI=1S/C16H16FNO3/c1-10-6-12(17)4-5-15(10)18-16(19)11-7-13(20-2)9-14(8-11)21-3/h4-9H,1-3H3,(H,18,19). The minimum Gasteiger partial charge on any atom is -0.497 e. The lowest BCUT2D eigenvalue weighted by Crippen LogP contribution is -2.13. The number of halogens is 1. The van der Waals surface area contributed by atoms with Gasteiger partial charge in [0.2, 0.25) is 0 Å². The van der Waals surface area contributed by atoms with Crippen molar-refractivity contribution in [1.82, 2.24) is 0 Å². The molecule has 0 unspecified atom stereocenters. The van der Waals surface area contributed by atoms with Crippen molar-refractivity contribution in [1.29, 1.82) is 0 Å². The van der Waals surface area contributed by atoms with Crippen molar-refractivity contribution in [3.8, 4) is 11.5 Å². The van der Waals surface area contributed by atoms with Crippen LogP contribution < -0.4 is 14.8 Å². The molecule has 0 aliphatic heterocycles. The minimum atomic E-state index is -0.339. The number of hydrogen-bond donors (Lipinski definition) is 1. The number of carbonyl (C=O) groups excluding carboxylic acids is 1. The van der Waals surface area contributed by atoms with Gasteiger partial charge in [-0.25, -0.2) is 4.39 Å². The highest BCUT2D eigenvalue weighted by molar-refractivity contribution is 6.05. The fourth-order valence-corrected chi connectivity index (χ4v) is 1.90. The van der Waals surface area contributed by atoms with E-state index >= 15 is 0 Å². The van der Waals surface area contributed by atoms with Crippen LogP contribution in [0.5, 0.6) is 11.5 Å². The van der Waals surface area contributed by atoms with Crippen molar-refractivity contribution in [2.24, 2.45) is 0 Å². The van der Waals surface area contributed by atoms with Crippen LogP contribution in [0.3, 0.4) is 0 Å². The molecule has 0 atom stereocenters. The Morgan fingerprint density at radius 1 is 1.05 bits per heavy atom. The van der Waals surface area contributed by atoms with E-state index in [0.717, 1.165) is 0 Å². The second kappa shape index (κ2) is 6.26. The van der Waals surface area contributed by atoms with Crippen molar-refractivity contribution in [3.63, 3.8) is 0 Å². The van der Waals surface area contributed by atoms with E-state index < -0.39 is 0 Å². The summed E-state index contributed by atoms with van der Waals surface area (Å²) in [6.45, 7) is 1.73. The van der Waals surface area contributed by atoms with Crippen LogP contribution in [0.2, 0.25) is 0 Å². The summed E-state index contributed by atoms with van der Waals surface area (Å²) < 4.78 is 23.3. The van der Waals surface area contributed by atoms with Crippen LogP contribution in [-0.4, -0.2) is 20.1 Å². The first-order valence-electron chi connectivity index (χ1n) is 6.34. The Hall–Kier alpha value is -2.56. The summed E-state index contributed by atoms with van der Waals surface area (Å²) in [5.41, 5.74) is 1.61. The number of methoxy groups -OCH3 is 2. The van der Waals surface area contributed by atoms with E-state index in [2.05, 4.69) is 5.32 Å². The average Bonchev–Trinajstić information content (AvgIpc) is 2.49. The monoisotopic (exact) mass is 289 g/mol. The number of rotatable bonds is 4. The van der Waals surface area contributed by atoms with Gasteiger partial charge in [-0.1, -0.05) is 0 Å². The largest absolute Gasteiger partial charge is 0.497 e. The first-order chi connectivity index (χ1) is 10.0. The molecule has 0 heterocycles. The number of amides is 1. The van der Waals surface area contributed by atoms with Crippen LogP contribution in [0.4, 0.5) is 10.1 Å². The Morgan fingerprint density at radius 3 is 2.19 bits per heavy atom. The zero-order chi connectivity index (χ0) is 15.4. The molecule has 0 aromatic heterocycles. The molecule has 2 aromatic carbocycles. The maximum Gasteiger partial charge on any atom is 0.255 e. The molecular formula is C16H16FNO3. The fourth-order valence-electron chi connectivity index (χ4n) is 1.90. The number of anilines is 1. The van der Waals surface area contributed by atoms with Gasteiger partial charge >= 0.3 is 0 Å². The third kappa shape index (κ3) is 3.51. The highest BCUT2D eigenvalue weighted by atomic mass is 19.1. The summed E-state index contributed by atoms with van der Waals surface area (Å²) in [5.74, 6) is 0.390. The predicted molar refractivity (Wildman–Crippen MR) is 78.6 cm³/mol. The molecule has 0 radical (unpaired) electrons. The van der Waals surface area contributed by atoms with Crippen molar-refractivity contribution < 1.29 is 18.7 Å². The molecule has 2 rings (SSSR count). The second-order valence-electron chi connectivity index (χ2n) is 4.51. The molecule has 4 nitrogen and oxygen atoms in total. The van der Waals surface area contributed by atoms with E-state index in [1.54, 1.807) is 25.1 Å². The molecule has 0 spiro atoms. The topological polar surface area (TPSA) is 47.6 Å². The average molecular weight is 289 g/mol. The SMILES string of the molecule is COc1cc(OC)cc(C(=O)Nc2ccc(F)cc2C)c1. The van der Waals surface area contributed by atoms with Crippen LogP contribution in [0.15, 0.2) is 36.4 Å². The van der Waals surface area contributed by atoms with Crippen molar-refractivity contribution in [3.05, 3.63) is 53.3 Å². The first-order valence-corrected chi connectivity index (χ1v) is 6.34. The van der Waals surface area contributed by atoms with Gasteiger partial charge in [-0.3, -0.25) is 4.79 Å². The quantitative estimate of drug-likeness (QED) is 0.938. The Labute approximate surface area is 122 Å². The van der Waals surface area contributed by atoms with Crippen molar-refractivity contribution in [2.75, 3.05) is 19.5 Å². The van der Waals surface area contributed by atoms with Gasteiger partial charge in [-0.15, -0.1) is 0 Å². The van der Waals surface area contributed by atoms with Gasteiger partial charge < -0.3 is 14.8 Å². The summed E-state index contributed by atoms with van der Waals surface area (Å²) >= 11 is 0. The normalized spacial score (nSPS) is 10.1. The molecule has 0 saturated heterocycles. The summed E-state index contributed by atoms with van der Waals surface area (Å²) in [4.78, 5) is 12.3. The molecule has 0 saturated carbocycles. The van der Waals surface area contributed by atoms with Crippen LogP contribution in [0.25, 0.3) is 0 Å². The van der Waals surface area contributed by atoms with Crippen LogP contribution >= 0.6 is 0 Å². The highest BCUT2D eigenvalue weighted by Gasteiger charge is 2.11. The van der Waals surface area contributed by atoms with E-state index in [1.165, 1.54) is 32.4 Å². The summed E-state index contributed by atoms with van der Waals surface area (Å²) in [6.07, 6.45) is 0. The number of benzene rings is 2. The number of nitrogens with one attached hydrogen (secondary N) is 1. The zero-order valence-electron chi connectivity index (χ0n) is 12.1. The zero-order valence-corrected chi connectivity index (χ0v) is 12.1. The first kappa shape index (κ1) is 14.8. The van der Waals surface area contributed by atoms with Crippen LogP contribution in [0, 0.1) is 12.7 Å². The van der Waals surface area contributed by atoms with Gasteiger partial charge in [0.05, 0.1) is 14.2 Å². The minimum absolute atomic E-state index is 0.318. The lowest BCUT2D eigenvalue weighted by molar-refractivity contribution is 0.102. The van der Waals surface area contributed by atoms with Crippen LogP contribution in [0.1, 0.15) is 15.9 Å². The third-order valence-corrected chi connectivity index (χ3v) is 3.05. The second-order valence-corrected chi connectivity index (χ2v) is 4.51. The number of carbonyl (C=O) groups is 1. The maximum atomic E-state index is 13.1. The van der Waals surface area contributed by atoms with Crippen molar-refractivity contribution >= 4 is 11.6 Å². The Bertz CT molecular complexity index is 648. The molecule has 0 bridgehead atoms. The lowest BCUT2D eigenvalue weighted by atomic mass is 10.1. The molecule has 1 amide bonds. The number of ether oxygens (including phenoxy) is 2. The predicted octanol–water partition coefficient (Wildman–Crippen LogP) is 3.40. The molecular weight excluding hydrogens is 273 g/mol. The fraction of sp³-hybridized carbons (Fsp3) is 0.188. The molecule has 0 aliphatic rings. The molecule has 0 fully saturated rings. The molecule has 110 valence electrons. The smallest absolute Gasteiger partial charge is 0.255 e. The van der Waals surface area contributed by atoms with E-state index in [4.69, 9.17) is 9.47 Å². The Balaban J connectivity index is 2.27. The van der Waals surface area contributed by atoms with E-state index in [0.29, 0.717) is 28.3 Å². The van der Waals surface area contributed by atoms with Crippen LogP contribution in [-0.2, 0) is 0 Å². The Morgan fingerprint density at radius 2 is 1.67 bits per heavy atom. The van der Waals surface area contributed by atoms with Gasteiger partial charge in [0.15, 0.2) is 0 Å². The van der Waals surface area contributed by atoms with Crippen molar-refractivity contribution in [2.45, 2.75) is 6.92 Å². The summed E-state index contributed by atoms with van der Waals surface area (Å²) in [6, 6.07) is 9.09. The van der Waals surface area contributed by atoms with Gasteiger partial charge in [0.25, 0.3) is 5.91 Å². The van der Waals surface area contributed by atoms with E-state index in [9.17, 15) is 9.18 Å². The number of hydrogen-bond acceptors (Lipinski definition) is 3. The lowest BCUT2D eigenvalue weighted by Gasteiger charge is -2.11. The Kier molecular flexibility index (Phi) is 4.42. The molecule has 5 heteroatoms. The van der Waals surface area contributed by atoms with E-state index in [1.807, 2.05) is 0 Å². The molecule has 0 aliphatic carbocycles.